The highest BCUT2D eigenvalue weighted by atomic mass is 32.1. The first-order chi connectivity index (χ1) is 5.47. The van der Waals surface area contributed by atoms with Crippen LogP contribution in [0.2, 0.25) is 0 Å². The minimum atomic E-state index is -1.17. The summed E-state index contributed by atoms with van der Waals surface area (Å²) in [6, 6.07) is 0. The van der Waals surface area contributed by atoms with Crippen LogP contribution in [0.4, 0.5) is 0 Å². The summed E-state index contributed by atoms with van der Waals surface area (Å²) in [7, 11) is 0. The summed E-state index contributed by atoms with van der Waals surface area (Å²) in [5.74, 6) is 2.34. The third kappa shape index (κ3) is 1.50. The van der Waals surface area contributed by atoms with Crippen molar-refractivity contribution in [3.8, 4) is 12.3 Å². The second-order valence-corrected chi connectivity index (χ2v) is 4.07. The van der Waals surface area contributed by atoms with E-state index in [0.717, 1.165) is 15.6 Å². The molecule has 1 rings (SSSR count). The third-order valence-corrected chi connectivity index (χ3v) is 2.91. The van der Waals surface area contributed by atoms with E-state index in [9.17, 15) is 5.11 Å². The van der Waals surface area contributed by atoms with E-state index in [1.807, 2.05) is 13.8 Å². The number of aryl methyl sites for hydroxylation is 2. The van der Waals surface area contributed by atoms with Crippen LogP contribution >= 0.6 is 11.3 Å². The second-order valence-electron chi connectivity index (χ2n) is 2.86. The Bertz CT molecular complexity index is 333. The molecule has 0 aromatic carbocycles. The molecule has 0 radical (unpaired) electrons. The zero-order chi connectivity index (χ0) is 9.35. The summed E-state index contributed by atoms with van der Waals surface area (Å²) in [5, 5.41) is 10.7. The molecular weight excluding hydrogens is 170 g/mol. The molecule has 0 aliphatic heterocycles. The molecule has 64 valence electrons. The first-order valence-corrected chi connectivity index (χ1v) is 4.43. The van der Waals surface area contributed by atoms with Crippen LogP contribution in [-0.4, -0.2) is 10.1 Å². The van der Waals surface area contributed by atoms with Gasteiger partial charge in [-0.25, -0.2) is 4.98 Å². The monoisotopic (exact) mass is 181 g/mol. The quantitative estimate of drug-likeness (QED) is 0.667. The predicted molar refractivity (Wildman–Crippen MR) is 50.0 cm³/mol. The molecule has 0 saturated carbocycles. The van der Waals surface area contributed by atoms with Gasteiger partial charge < -0.3 is 5.11 Å². The highest BCUT2D eigenvalue weighted by Gasteiger charge is 2.24. The maximum atomic E-state index is 9.72. The summed E-state index contributed by atoms with van der Waals surface area (Å²) in [6.45, 7) is 5.35. The molecule has 0 amide bonds. The topological polar surface area (TPSA) is 33.1 Å². The number of nitrogens with zero attached hydrogens (tertiary/aromatic N) is 1. The Labute approximate surface area is 76.3 Å². The van der Waals surface area contributed by atoms with Crippen molar-refractivity contribution in [3.63, 3.8) is 0 Å². The van der Waals surface area contributed by atoms with Crippen molar-refractivity contribution in [3.05, 3.63) is 15.6 Å². The highest BCUT2D eigenvalue weighted by Crippen LogP contribution is 2.28. The molecule has 0 spiro atoms. The highest BCUT2D eigenvalue weighted by molar-refractivity contribution is 7.11. The van der Waals surface area contributed by atoms with Gasteiger partial charge >= 0.3 is 0 Å². The normalized spacial score (nSPS) is 15.2. The van der Waals surface area contributed by atoms with Crippen LogP contribution in [0.25, 0.3) is 0 Å². The fraction of sp³-hybridized carbons (Fsp3) is 0.444. The minimum absolute atomic E-state index is 0.766. The zero-order valence-electron chi connectivity index (χ0n) is 7.38. The molecular formula is C9H11NOS. The van der Waals surface area contributed by atoms with Crippen LogP contribution in [0.1, 0.15) is 22.5 Å². The number of thiazole rings is 1. The van der Waals surface area contributed by atoms with E-state index < -0.39 is 5.60 Å². The van der Waals surface area contributed by atoms with E-state index in [1.165, 1.54) is 11.3 Å². The molecule has 0 bridgehead atoms. The lowest BCUT2D eigenvalue weighted by Gasteiger charge is -2.13. The van der Waals surface area contributed by atoms with Crippen molar-refractivity contribution in [1.82, 2.24) is 4.98 Å². The third-order valence-electron chi connectivity index (χ3n) is 1.63. The Kier molecular flexibility index (Phi) is 2.22. The summed E-state index contributed by atoms with van der Waals surface area (Å²) < 4.78 is 0. The molecule has 0 aliphatic rings. The van der Waals surface area contributed by atoms with Crippen molar-refractivity contribution in [2.75, 3.05) is 0 Å². The Morgan fingerprint density at radius 3 is 2.50 bits per heavy atom. The van der Waals surface area contributed by atoms with E-state index in [4.69, 9.17) is 6.42 Å². The van der Waals surface area contributed by atoms with E-state index >= 15 is 0 Å². The van der Waals surface area contributed by atoms with Gasteiger partial charge in [0.15, 0.2) is 5.60 Å². The lowest BCUT2D eigenvalue weighted by atomic mass is 10.1. The van der Waals surface area contributed by atoms with Crippen molar-refractivity contribution in [2.24, 2.45) is 0 Å². The van der Waals surface area contributed by atoms with Crippen molar-refractivity contribution in [1.29, 1.82) is 0 Å². The van der Waals surface area contributed by atoms with Crippen LogP contribution in [0.15, 0.2) is 0 Å². The van der Waals surface area contributed by atoms with Gasteiger partial charge in [-0.1, -0.05) is 5.92 Å². The number of aromatic nitrogens is 1. The molecule has 0 aliphatic carbocycles. The number of rotatable bonds is 1. The van der Waals surface area contributed by atoms with Crippen molar-refractivity contribution in [2.45, 2.75) is 26.4 Å². The predicted octanol–water partition coefficient (Wildman–Crippen LogP) is 1.60. The molecule has 1 aromatic heterocycles. The molecule has 1 N–H and O–H groups in total. The van der Waals surface area contributed by atoms with E-state index in [0.29, 0.717) is 0 Å². The molecule has 2 nitrogen and oxygen atoms in total. The zero-order valence-corrected chi connectivity index (χ0v) is 8.20. The Morgan fingerprint density at radius 1 is 1.58 bits per heavy atom. The van der Waals surface area contributed by atoms with Gasteiger partial charge in [0.05, 0.1) is 15.6 Å². The maximum Gasteiger partial charge on any atom is 0.158 e. The molecule has 1 atom stereocenters. The van der Waals surface area contributed by atoms with Gasteiger partial charge in [0.2, 0.25) is 0 Å². The van der Waals surface area contributed by atoms with Gasteiger partial charge in [-0.05, 0) is 20.8 Å². The molecule has 3 heteroatoms. The van der Waals surface area contributed by atoms with Crippen LogP contribution in [-0.2, 0) is 5.60 Å². The fourth-order valence-corrected chi connectivity index (χ4v) is 1.98. The SMILES string of the molecule is C#CC(C)(O)c1sc(C)nc1C. The molecule has 1 unspecified atom stereocenters. The van der Waals surface area contributed by atoms with E-state index in [2.05, 4.69) is 10.9 Å². The first-order valence-electron chi connectivity index (χ1n) is 3.62. The summed E-state index contributed by atoms with van der Waals surface area (Å²) in [5.41, 5.74) is -0.351. The van der Waals surface area contributed by atoms with Gasteiger partial charge in [0.25, 0.3) is 0 Å². The summed E-state index contributed by atoms with van der Waals surface area (Å²) in [6.07, 6.45) is 5.20. The second kappa shape index (κ2) is 2.89. The number of aliphatic hydroxyl groups is 1. The smallest absolute Gasteiger partial charge is 0.158 e. The number of hydrogen-bond acceptors (Lipinski definition) is 3. The largest absolute Gasteiger partial charge is 0.373 e. The lowest BCUT2D eigenvalue weighted by Crippen LogP contribution is -2.17. The summed E-state index contributed by atoms with van der Waals surface area (Å²) in [4.78, 5) is 4.95. The standard InChI is InChI=1S/C9H11NOS/c1-5-9(4,11)8-6(2)10-7(3)12-8/h1,11H,2-4H3. The minimum Gasteiger partial charge on any atom is -0.373 e. The Hall–Kier alpha value is -0.850. The van der Waals surface area contributed by atoms with Gasteiger partial charge in [-0.2, -0.15) is 0 Å². The van der Waals surface area contributed by atoms with Crippen molar-refractivity contribution < 1.29 is 5.11 Å². The van der Waals surface area contributed by atoms with E-state index in [-0.39, 0.29) is 0 Å². The van der Waals surface area contributed by atoms with Gasteiger partial charge in [-0.3, -0.25) is 0 Å². The molecule has 12 heavy (non-hydrogen) atoms. The fourth-order valence-electron chi connectivity index (χ4n) is 1.05. The van der Waals surface area contributed by atoms with Crippen LogP contribution < -0.4 is 0 Å². The molecule has 0 fully saturated rings. The lowest BCUT2D eigenvalue weighted by molar-refractivity contribution is 0.125. The van der Waals surface area contributed by atoms with Crippen LogP contribution in [0, 0.1) is 26.2 Å². The van der Waals surface area contributed by atoms with Gasteiger partial charge in [0, 0.05) is 0 Å². The first kappa shape index (κ1) is 9.24. The Balaban J connectivity index is 3.21. The maximum absolute atomic E-state index is 9.72. The Morgan fingerprint density at radius 2 is 2.17 bits per heavy atom. The van der Waals surface area contributed by atoms with Crippen molar-refractivity contribution >= 4 is 11.3 Å². The average molecular weight is 181 g/mol. The van der Waals surface area contributed by atoms with Gasteiger partial charge in [0.1, 0.15) is 0 Å². The summed E-state index contributed by atoms with van der Waals surface area (Å²) >= 11 is 1.44. The number of hydrogen-bond donors (Lipinski definition) is 1. The number of terminal acetylenes is 1. The molecule has 1 heterocycles. The van der Waals surface area contributed by atoms with Crippen LogP contribution in [0.5, 0.6) is 0 Å². The molecule has 1 aromatic rings. The average Bonchev–Trinajstić information content (AvgIpc) is 2.31. The van der Waals surface area contributed by atoms with Gasteiger partial charge in [-0.15, -0.1) is 17.8 Å². The van der Waals surface area contributed by atoms with E-state index in [1.54, 1.807) is 6.92 Å². The van der Waals surface area contributed by atoms with Crippen LogP contribution in [0.3, 0.4) is 0 Å². The molecule has 0 saturated heterocycles.